The fourth-order valence-corrected chi connectivity index (χ4v) is 2.09. The van der Waals surface area contributed by atoms with E-state index in [1.54, 1.807) is 17.1 Å². The first-order valence-electron chi connectivity index (χ1n) is 7.74. The number of hydrogen-bond acceptors (Lipinski definition) is 5. The van der Waals surface area contributed by atoms with Crippen LogP contribution in [0.1, 0.15) is 23.9 Å². The van der Waals surface area contributed by atoms with E-state index in [4.69, 9.17) is 0 Å². The van der Waals surface area contributed by atoms with Crippen molar-refractivity contribution in [3.8, 4) is 0 Å². The first-order valence-corrected chi connectivity index (χ1v) is 7.74. The Balaban J connectivity index is 1.78. The Labute approximate surface area is 140 Å². The molecule has 0 amide bonds. The van der Waals surface area contributed by atoms with Crippen LogP contribution in [0.2, 0.25) is 0 Å². The highest BCUT2D eigenvalue weighted by atomic mass is 15.5. The molecular weight excluding hydrogens is 300 g/mol. The molecule has 0 bridgehead atoms. The highest BCUT2D eigenvalue weighted by Gasteiger charge is 2.08. The van der Waals surface area contributed by atoms with Gasteiger partial charge in [-0.2, -0.15) is 14.9 Å². The summed E-state index contributed by atoms with van der Waals surface area (Å²) in [4.78, 5) is 0. The Morgan fingerprint density at radius 3 is 2.17 bits per heavy atom. The van der Waals surface area contributed by atoms with Crippen molar-refractivity contribution in [1.82, 2.24) is 14.9 Å². The second-order valence-electron chi connectivity index (χ2n) is 5.04. The van der Waals surface area contributed by atoms with Gasteiger partial charge in [0.1, 0.15) is 0 Å². The predicted octanol–water partition coefficient (Wildman–Crippen LogP) is 3.17. The molecule has 3 aromatic rings. The smallest absolute Gasteiger partial charge is 0.244 e. The third kappa shape index (κ3) is 3.92. The van der Waals surface area contributed by atoms with Crippen LogP contribution in [0.15, 0.2) is 70.9 Å². The number of hydrazone groups is 1. The van der Waals surface area contributed by atoms with E-state index in [2.05, 4.69) is 25.8 Å². The molecule has 0 unspecified atom stereocenters. The van der Waals surface area contributed by atoms with E-state index in [-0.39, 0.29) is 0 Å². The number of rotatable bonds is 6. The van der Waals surface area contributed by atoms with Crippen molar-refractivity contribution in [3.63, 3.8) is 0 Å². The zero-order chi connectivity index (χ0) is 16.6. The van der Waals surface area contributed by atoms with Gasteiger partial charge in [0, 0.05) is 6.42 Å². The number of benzene rings is 2. The molecule has 1 N–H and O–H groups in total. The van der Waals surface area contributed by atoms with Crippen molar-refractivity contribution in [2.24, 2.45) is 10.2 Å². The highest BCUT2D eigenvalue weighted by Crippen LogP contribution is 2.09. The van der Waals surface area contributed by atoms with Crippen molar-refractivity contribution in [2.75, 3.05) is 5.43 Å². The predicted molar refractivity (Wildman–Crippen MR) is 96.5 cm³/mol. The van der Waals surface area contributed by atoms with Crippen molar-refractivity contribution in [2.45, 2.75) is 13.3 Å². The number of aryl methyl sites for hydroxylation is 1. The molecule has 0 atom stereocenters. The molecule has 0 aliphatic heterocycles. The Morgan fingerprint density at radius 2 is 1.54 bits per heavy atom. The van der Waals surface area contributed by atoms with Crippen LogP contribution in [0.4, 0.5) is 5.95 Å². The Morgan fingerprint density at radius 1 is 0.917 bits per heavy atom. The zero-order valence-electron chi connectivity index (χ0n) is 13.4. The Bertz CT molecular complexity index is 821. The molecule has 0 saturated heterocycles. The van der Waals surface area contributed by atoms with E-state index in [9.17, 15) is 0 Å². The van der Waals surface area contributed by atoms with Crippen molar-refractivity contribution in [3.05, 3.63) is 77.6 Å². The quantitative estimate of drug-likeness (QED) is 0.561. The lowest BCUT2D eigenvalue weighted by Crippen LogP contribution is -2.02. The summed E-state index contributed by atoms with van der Waals surface area (Å²) in [5.41, 5.74) is 4.90. The fourth-order valence-electron chi connectivity index (χ4n) is 2.09. The van der Waals surface area contributed by atoms with Gasteiger partial charge in [-0.15, -0.1) is 10.2 Å². The Hall–Kier alpha value is -3.28. The minimum atomic E-state index is 0.478. The van der Waals surface area contributed by atoms with Crippen LogP contribution in [0.3, 0.4) is 0 Å². The molecule has 0 aliphatic rings. The lowest BCUT2D eigenvalue weighted by molar-refractivity contribution is 0.790. The second-order valence-corrected chi connectivity index (χ2v) is 5.04. The number of nitrogens with one attached hydrogen (secondary N) is 1. The number of nitrogens with zero attached hydrogens (tertiary/aromatic N) is 5. The first-order chi connectivity index (χ1) is 11.9. The van der Waals surface area contributed by atoms with E-state index < -0.39 is 0 Å². The van der Waals surface area contributed by atoms with E-state index in [1.807, 2.05) is 67.6 Å². The van der Waals surface area contributed by atoms with Crippen molar-refractivity contribution >= 4 is 18.4 Å². The van der Waals surface area contributed by atoms with Crippen molar-refractivity contribution < 1.29 is 0 Å². The zero-order valence-corrected chi connectivity index (χ0v) is 13.4. The van der Waals surface area contributed by atoms with Crippen LogP contribution in [0, 0.1) is 0 Å². The van der Waals surface area contributed by atoms with Crippen LogP contribution >= 0.6 is 0 Å². The topological polar surface area (TPSA) is 67.5 Å². The number of anilines is 1. The molecule has 3 rings (SSSR count). The van der Waals surface area contributed by atoms with Gasteiger partial charge >= 0.3 is 0 Å². The molecule has 24 heavy (non-hydrogen) atoms. The molecule has 120 valence electrons. The van der Waals surface area contributed by atoms with Crippen LogP contribution < -0.4 is 5.43 Å². The van der Waals surface area contributed by atoms with E-state index in [0.29, 0.717) is 5.95 Å². The van der Waals surface area contributed by atoms with Crippen LogP contribution in [0.5, 0.6) is 0 Å². The maximum Gasteiger partial charge on any atom is 0.266 e. The molecule has 2 aromatic carbocycles. The summed E-state index contributed by atoms with van der Waals surface area (Å²) in [5, 5.41) is 16.9. The largest absolute Gasteiger partial charge is 0.266 e. The summed E-state index contributed by atoms with van der Waals surface area (Å²) in [5.74, 6) is 1.24. The molecule has 0 saturated carbocycles. The first kappa shape index (κ1) is 15.6. The summed E-state index contributed by atoms with van der Waals surface area (Å²) >= 11 is 0. The van der Waals surface area contributed by atoms with Gasteiger partial charge in [0.15, 0.2) is 5.82 Å². The molecule has 0 radical (unpaired) electrons. The van der Waals surface area contributed by atoms with Gasteiger partial charge in [-0.05, 0) is 11.1 Å². The van der Waals surface area contributed by atoms with Crippen LogP contribution in [-0.4, -0.2) is 27.3 Å². The average molecular weight is 318 g/mol. The van der Waals surface area contributed by atoms with Gasteiger partial charge < -0.3 is 0 Å². The molecule has 0 spiro atoms. The lowest BCUT2D eigenvalue weighted by atomic mass is 10.2. The molecular formula is C18H18N6. The maximum atomic E-state index is 4.46. The van der Waals surface area contributed by atoms with Crippen molar-refractivity contribution in [1.29, 1.82) is 0 Å². The molecule has 0 aliphatic carbocycles. The van der Waals surface area contributed by atoms with Gasteiger partial charge in [0.25, 0.3) is 5.95 Å². The van der Waals surface area contributed by atoms with Gasteiger partial charge in [-0.25, -0.2) is 5.43 Å². The minimum Gasteiger partial charge on any atom is -0.244 e. The van der Waals surface area contributed by atoms with Crippen LogP contribution in [-0.2, 0) is 6.42 Å². The van der Waals surface area contributed by atoms with Gasteiger partial charge in [0.05, 0.1) is 12.4 Å². The second kappa shape index (κ2) is 7.82. The number of hydrogen-bond donors (Lipinski definition) is 1. The average Bonchev–Trinajstić information content (AvgIpc) is 3.04. The molecule has 1 heterocycles. The van der Waals surface area contributed by atoms with Gasteiger partial charge in [0.2, 0.25) is 0 Å². The lowest BCUT2D eigenvalue weighted by Gasteiger charge is -2.02. The van der Waals surface area contributed by atoms with Gasteiger partial charge in [-0.3, -0.25) is 0 Å². The summed E-state index contributed by atoms with van der Waals surface area (Å²) in [6.07, 6.45) is 4.23. The SMILES string of the molecule is CCc1nnc(NN=Cc2ccccc2)n1N=Cc1ccccc1. The molecule has 1 aromatic heterocycles. The van der Waals surface area contributed by atoms with E-state index in [1.165, 1.54) is 0 Å². The third-order valence-electron chi connectivity index (χ3n) is 3.32. The normalized spacial score (nSPS) is 11.4. The fraction of sp³-hybridized carbons (Fsp3) is 0.111. The maximum absolute atomic E-state index is 4.46. The standard InChI is InChI=1S/C18H18N6/c1-2-17-21-23-18(22-19-13-15-9-5-3-6-10-15)24(17)20-14-16-11-7-4-8-12-16/h3-14H,2H2,1H3,(H,22,23). The van der Waals surface area contributed by atoms with Crippen LogP contribution in [0.25, 0.3) is 0 Å². The highest BCUT2D eigenvalue weighted by molar-refractivity contribution is 5.80. The molecule has 6 heteroatoms. The van der Waals surface area contributed by atoms with Gasteiger partial charge in [-0.1, -0.05) is 67.6 Å². The minimum absolute atomic E-state index is 0.478. The number of aromatic nitrogens is 3. The summed E-state index contributed by atoms with van der Waals surface area (Å²) in [7, 11) is 0. The summed E-state index contributed by atoms with van der Waals surface area (Å²) < 4.78 is 1.66. The molecule has 0 fully saturated rings. The monoisotopic (exact) mass is 318 g/mol. The van der Waals surface area contributed by atoms with E-state index >= 15 is 0 Å². The third-order valence-corrected chi connectivity index (χ3v) is 3.32. The summed E-state index contributed by atoms with van der Waals surface area (Å²) in [6.45, 7) is 2.01. The van der Waals surface area contributed by atoms with E-state index in [0.717, 1.165) is 23.4 Å². The summed E-state index contributed by atoms with van der Waals surface area (Å²) in [6, 6.07) is 19.7. The Kier molecular flexibility index (Phi) is 5.09. The molecule has 6 nitrogen and oxygen atoms in total.